The molecule has 0 spiro atoms. The van der Waals surface area contributed by atoms with Crippen molar-refractivity contribution in [2.45, 2.75) is 19.5 Å². The summed E-state index contributed by atoms with van der Waals surface area (Å²) in [5.41, 5.74) is 3.52. The van der Waals surface area contributed by atoms with E-state index >= 15 is 0 Å². The summed E-state index contributed by atoms with van der Waals surface area (Å²) in [5, 5.41) is 8.29. The van der Waals surface area contributed by atoms with Gasteiger partial charge < -0.3 is 5.32 Å². The predicted molar refractivity (Wildman–Crippen MR) is 105 cm³/mol. The zero-order valence-corrected chi connectivity index (χ0v) is 15.0. The molecule has 0 fully saturated rings. The third kappa shape index (κ3) is 3.72. The summed E-state index contributed by atoms with van der Waals surface area (Å²) < 4.78 is 1.85. The summed E-state index contributed by atoms with van der Waals surface area (Å²) in [6.07, 6.45) is 3.36. The molecule has 0 unspecified atom stereocenters. The number of fused-ring (bicyclic) bond motifs is 1. The van der Waals surface area contributed by atoms with Crippen molar-refractivity contribution < 1.29 is 4.79 Å². The number of aromatic nitrogens is 3. The van der Waals surface area contributed by atoms with Gasteiger partial charge in [-0.2, -0.15) is 5.10 Å². The van der Waals surface area contributed by atoms with Crippen LogP contribution in [0.4, 0.5) is 0 Å². The van der Waals surface area contributed by atoms with Crippen LogP contribution in [0.5, 0.6) is 0 Å². The Labute approximate surface area is 157 Å². The summed E-state index contributed by atoms with van der Waals surface area (Å²) in [7, 11) is 0. The van der Waals surface area contributed by atoms with E-state index in [2.05, 4.69) is 27.5 Å². The zero-order chi connectivity index (χ0) is 18.6. The molecule has 0 saturated heterocycles. The summed E-state index contributed by atoms with van der Waals surface area (Å²) >= 11 is 0. The van der Waals surface area contributed by atoms with Crippen molar-refractivity contribution in [3.8, 4) is 0 Å². The lowest BCUT2D eigenvalue weighted by atomic mass is 10.1. The molecular formula is C22H20N4O. The molecule has 1 N–H and O–H groups in total. The van der Waals surface area contributed by atoms with E-state index in [1.165, 1.54) is 0 Å². The van der Waals surface area contributed by atoms with Gasteiger partial charge in [-0.3, -0.25) is 4.79 Å². The van der Waals surface area contributed by atoms with E-state index in [0.717, 1.165) is 22.2 Å². The van der Waals surface area contributed by atoms with Gasteiger partial charge in [-0.25, -0.2) is 9.67 Å². The van der Waals surface area contributed by atoms with Crippen molar-refractivity contribution in [2.24, 2.45) is 0 Å². The molecule has 2 aromatic carbocycles. The Morgan fingerprint density at radius 1 is 1.04 bits per heavy atom. The first-order valence-electron chi connectivity index (χ1n) is 8.92. The average Bonchev–Trinajstić information content (AvgIpc) is 3.11. The van der Waals surface area contributed by atoms with E-state index in [-0.39, 0.29) is 11.9 Å². The molecule has 0 aliphatic heterocycles. The SMILES string of the molecule is C[C@H](NC(=O)c1cnc2c(cnn2Cc2ccccc2)c1)c1ccccc1. The maximum Gasteiger partial charge on any atom is 0.253 e. The molecule has 2 aromatic heterocycles. The van der Waals surface area contributed by atoms with E-state index in [1.54, 1.807) is 12.4 Å². The molecule has 5 nitrogen and oxygen atoms in total. The molecule has 1 atom stereocenters. The molecule has 0 bridgehead atoms. The minimum absolute atomic E-state index is 0.0739. The van der Waals surface area contributed by atoms with E-state index in [9.17, 15) is 4.79 Å². The van der Waals surface area contributed by atoms with E-state index in [4.69, 9.17) is 0 Å². The van der Waals surface area contributed by atoms with Crippen LogP contribution in [0.3, 0.4) is 0 Å². The molecule has 4 aromatic rings. The maximum atomic E-state index is 12.6. The summed E-state index contributed by atoms with van der Waals surface area (Å²) in [4.78, 5) is 17.1. The van der Waals surface area contributed by atoms with Gasteiger partial charge in [-0.05, 0) is 24.1 Å². The summed E-state index contributed by atoms with van der Waals surface area (Å²) in [6, 6.07) is 21.8. The third-order valence-corrected chi connectivity index (χ3v) is 4.56. The van der Waals surface area contributed by atoms with Crippen molar-refractivity contribution in [3.05, 3.63) is 95.8 Å². The molecule has 0 aliphatic carbocycles. The molecule has 0 saturated carbocycles. The van der Waals surface area contributed by atoms with E-state index in [0.29, 0.717) is 12.1 Å². The van der Waals surface area contributed by atoms with Crippen LogP contribution in [-0.4, -0.2) is 20.7 Å². The Hall–Kier alpha value is -3.47. The van der Waals surface area contributed by atoms with Gasteiger partial charge in [0.25, 0.3) is 5.91 Å². The van der Waals surface area contributed by atoms with Crippen molar-refractivity contribution in [1.82, 2.24) is 20.1 Å². The zero-order valence-electron chi connectivity index (χ0n) is 15.0. The van der Waals surface area contributed by atoms with Crippen LogP contribution in [-0.2, 0) is 6.54 Å². The first-order chi connectivity index (χ1) is 13.2. The number of hydrogen-bond acceptors (Lipinski definition) is 3. The number of carbonyl (C=O) groups is 1. The Morgan fingerprint density at radius 3 is 2.48 bits per heavy atom. The van der Waals surface area contributed by atoms with Gasteiger partial charge in [0.05, 0.1) is 24.3 Å². The Balaban J connectivity index is 1.53. The van der Waals surface area contributed by atoms with Crippen LogP contribution in [0.25, 0.3) is 11.0 Å². The monoisotopic (exact) mass is 356 g/mol. The highest BCUT2D eigenvalue weighted by Gasteiger charge is 2.14. The summed E-state index contributed by atoms with van der Waals surface area (Å²) in [6.45, 7) is 2.62. The van der Waals surface area contributed by atoms with Gasteiger partial charge in [0.2, 0.25) is 0 Å². The number of amides is 1. The standard InChI is InChI=1S/C22H20N4O/c1-16(18-10-6-3-7-11-18)25-22(27)20-12-19-14-24-26(21(19)23-13-20)15-17-8-4-2-5-9-17/h2-14,16H,15H2,1H3,(H,25,27)/t16-/m0/s1. The van der Waals surface area contributed by atoms with Crippen LogP contribution < -0.4 is 5.32 Å². The second-order valence-electron chi connectivity index (χ2n) is 6.53. The van der Waals surface area contributed by atoms with Crippen LogP contribution in [0.2, 0.25) is 0 Å². The topological polar surface area (TPSA) is 59.8 Å². The second kappa shape index (κ2) is 7.41. The third-order valence-electron chi connectivity index (χ3n) is 4.56. The first-order valence-corrected chi connectivity index (χ1v) is 8.92. The van der Waals surface area contributed by atoms with Gasteiger partial charge >= 0.3 is 0 Å². The summed E-state index contributed by atoms with van der Waals surface area (Å²) in [5.74, 6) is -0.142. The van der Waals surface area contributed by atoms with Crippen molar-refractivity contribution in [2.75, 3.05) is 0 Å². The first kappa shape index (κ1) is 17.0. The second-order valence-corrected chi connectivity index (χ2v) is 6.53. The largest absolute Gasteiger partial charge is 0.345 e. The fraction of sp³-hybridized carbons (Fsp3) is 0.136. The number of hydrogen-bond donors (Lipinski definition) is 1. The molecule has 0 radical (unpaired) electrons. The number of rotatable bonds is 5. The normalized spacial score (nSPS) is 12.0. The predicted octanol–water partition coefficient (Wildman–Crippen LogP) is 3.97. The van der Waals surface area contributed by atoms with Crippen LogP contribution in [0, 0.1) is 0 Å². The highest BCUT2D eigenvalue weighted by atomic mass is 16.1. The number of nitrogens with zero attached hydrogens (tertiary/aromatic N) is 3. The average molecular weight is 356 g/mol. The van der Waals surface area contributed by atoms with Crippen LogP contribution in [0.15, 0.2) is 79.1 Å². The molecule has 0 aliphatic rings. The molecule has 27 heavy (non-hydrogen) atoms. The highest BCUT2D eigenvalue weighted by molar-refractivity contribution is 5.97. The van der Waals surface area contributed by atoms with Gasteiger partial charge in [-0.15, -0.1) is 0 Å². The van der Waals surface area contributed by atoms with E-state index in [1.807, 2.05) is 66.2 Å². The number of nitrogens with one attached hydrogen (secondary N) is 1. The minimum Gasteiger partial charge on any atom is -0.345 e. The fourth-order valence-electron chi connectivity index (χ4n) is 3.07. The Morgan fingerprint density at radius 2 is 1.74 bits per heavy atom. The van der Waals surface area contributed by atoms with Crippen molar-refractivity contribution in [1.29, 1.82) is 0 Å². The quantitative estimate of drug-likeness (QED) is 0.589. The van der Waals surface area contributed by atoms with Gasteiger partial charge in [0, 0.05) is 11.6 Å². The van der Waals surface area contributed by atoms with Gasteiger partial charge in [0.15, 0.2) is 5.65 Å². The van der Waals surface area contributed by atoms with Gasteiger partial charge in [-0.1, -0.05) is 60.7 Å². The van der Waals surface area contributed by atoms with Crippen LogP contribution >= 0.6 is 0 Å². The number of pyridine rings is 1. The highest BCUT2D eigenvalue weighted by Crippen LogP contribution is 2.16. The molecule has 4 rings (SSSR count). The molecular weight excluding hydrogens is 336 g/mol. The Kier molecular flexibility index (Phi) is 4.66. The molecule has 2 heterocycles. The lowest BCUT2D eigenvalue weighted by Gasteiger charge is -2.14. The van der Waals surface area contributed by atoms with Crippen LogP contribution in [0.1, 0.15) is 34.5 Å². The van der Waals surface area contributed by atoms with Crippen molar-refractivity contribution >= 4 is 16.9 Å². The fourth-order valence-corrected chi connectivity index (χ4v) is 3.07. The number of carbonyl (C=O) groups excluding carboxylic acids is 1. The Bertz CT molecular complexity index is 1060. The molecule has 5 heteroatoms. The van der Waals surface area contributed by atoms with E-state index < -0.39 is 0 Å². The number of benzene rings is 2. The lowest BCUT2D eigenvalue weighted by molar-refractivity contribution is 0.0939. The molecule has 134 valence electrons. The molecule has 1 amide bonds. The smallest absolute Gasteiger partial charge is 0.253 e. The van der Waals surface area contributed by atoms with Gasteiger partial charge in [0.1, 0.15) is 0 Å². The maximum absolute atomic E-state index is 12.6. The van der Waals surface area contributed by atoms with Crippen molar-refractivity contribution in [3.63, 3.8) is 0 Å². The lowest BCUT2D eigenvalue weighted by Crippen LogP contribution is -2.26. The minimum atomic E-state index is -0.142.